The monoisotopic (exact) mass is 576 g/mol. The molecule has 0 aliphatic carbocycles. The van der Waals surface area contributed by atoms with Crippen molar-refractivity contribution in [2.75, 3.05) is 5.32 Å². The van der Waals surface area contributed by atoms with E-state index in [2.05, 4.69) is 17.6 Å². The summed E-state index contributed by atoms with van der Waals surface area (Å²) < 4.78 is 11.5. The van der Waals surface area contributed by atoms with Crippen molar-refractivity contribution in [3.8, 4) is 5.75 Å². The summed E-state index contributed by atoms with van der Waals surface area (Å²) in [7, 11) is 0. The second-order valence-electron chi connectivity index (χ2n) is 10.7. The van der Waals surface area contributed by atoms with Crippen LogP contribution in [-0.4, -0.2) is 58.7 Å². The molecule has 1 aliphatic rings. The van der Waals surface area contributed by atoms with Crippen LogP contribution >= 0.6 is 0 Å². The molecule has 0 radical (unpaired) electrons. The summed E-state index contributed by atoms with van der Waals surface area (Å²) in [5, 5.41) is 24.2. The number of carbonyl (C=O) groups is 5. The molecule has 228 valence electrons. The minimum Gasteiger partial charge on any atom is -0.505 e. The van der Waals surface area contributed by atoms with E-state index < -0.39 is 53.7 Å². The zero-order chi connectivity index (χ0) is 30.4. The molecule has 41 heavy (non-hydrogen) atoms. The number of rotatable bonds is 16. The van der Waals surface area contributed by atoms with Crippen LogP contribution in [0.2, 0.25) is 0 Å². The van der Waals surface area contributed by atoms with Crippen LogP contribution in [0.25, 0.3) is 0 Å². The van der Waals surface area contributed by atoms with Crippen molar-refractivity contribution in [3.05, 3.63) is 23.8 Å². The van der Waals surface area contributed by atoms with Gasteiger partial charge >= 0.3 is 17.9 Å². The first kappa shape index (κ1) is 33.6. The van der Waals surface area contributed by atoms with Gasteiger partial charge in [-0.3, -0.25) is 19.2 Å². The Morgan fingerprint density at radius 1 is 0.927 bits per heavy atom. The van der Waals surface area contributed by atoms with E-state index in [0.717, 1.165) is 38.5 Å². The molecule has 1 heterocycles. The predicted molar refractivity (Wildman–Crippen MR) is 151 cm³/mol. The molecule has 0 bridgehead atoms. The fourth-order valence-corrected chi connectivity index (χ4v) is 5.25. The molecule has 1 aromatic carbocycles. The van der Waals surface area contributed by atoms with Crippen LogP contribution in [0.5, 0.6) is 5.75 Å². The quantitative estimate of drug-likeness (QED) is 0.0953. The summed E-state index contributed by atoms with van der Waals surface area (Å²) in [4.78, 5) is 61.6. The molecule has 0 spiro atoms. The second-order valence-corrected chi connectivity index (χ2v) is 10.7. The first-order chi connectivity index (χ1) is 19.6. The van der Waals surface area contributed by atoms with E-state index in [1.54, 1.807) is 6.92 Å². The van der Waals surface area contributed by atoms with Gasteiger partial charge in [0.25, 0.3) is 5.91 Å². The van der Waals surface area contributed by atoms with Crippen molar-refractivity contribution >= 4 is 35.9 Å². The van der Waals surface area contributed by atoms with E-state index in [1.165, 1.54) is 25.1 Å². The summed E-state index contributed by atoms with van der Waals surface area (Å²) in [6.07, 6.45) is 6.84. The van der Waals surface area contributed by atoms with Crippen molar-refractivity contribution in [1.82, 2.24) is 5.32 Å². The molecule has 2 rings (SSSR count). The van der Waals surface area contributed by atoms with Crippen molar-refractivity contribution in [1.29, 1.82) is 0 Å². The lowest BCUT2D eigenvalue weighted by Crippen LogP contribution is -2.50. The number of cyclic esters (lactones) is 2. The summed E-state index contributed by atoms with van der Waals surface area (Å²) in [5.41, 5.74) is -0.172. The average molecular weight is 577 g/mol. The van der Waals surface area contributed by atoms with Crippen LogP contribution in [0, 0.1) is 11.8 Å². The number of anilines is 1. The molecule has 0 aromatic heterocycles. The number of para-hydroxylation sites is 1. The minimum absolute atomic E-state index is 0.00891. The average Bonchev–Trinajstić information content (AvgIpc) is 2.94. The molecule has 1 aliphatic heterocycles. The van der Waals surface area contributed by atoms with Gasteiger partial charge in [0, 0.05) is 12.3 Å². The van der Waals surface area contributed by atoms with Crippen LogP contribution in [-0.2, 0) is 28.7 Å². The zero-order valence-electron chi connectivity index (χ0n) is 24.2. The Morgan fingerprint density at radius 3 is 2.27 bits per heavy atom. The van der Waals surface area contributed by atoms with Crippen molar-refractivity contribution in [3.63, 3.8) is 0 Å². The Morgan fingerprint density at radius 2 is 1.59 bits per heavy atom. The third kappa shape index (κ3) is 10.4. The Balaban J connectivity index is 2.25. The highest BCUT2D eigenvalue weighted by Gasteiger charge is 2.41. The number of esters is 2. The molecule has 1 fully saturated rings. The molecule has 1 saturated heterocycles. The van der Waals surface area contributed by atoms with Crippen LogP contribution < -0.4 is 10.6 Å². The highest BCUT2D eigenvalue weighted by Crippen LogP contribution is 2.33. The van der Waals surface area contributed by atoms with Gasteiger partial charge in [-0.25, -0.2) is 4.79 Å². The Kier molecular flexibility index (Phi) is 14.1. The van der Waals surface area contributed by atoms with Crippen molar-refractivity contribution in [2.45, 2.75) is 110 Å². The molecule has 5 unspecified atom stereocenters. The molecular formula is C30H44N2O9. The maximum absolute atomic E-state index is 13.5. The topological polar surface area (TPSA) is 168 Å². The minimum atomic E-state index is -1.35. The summed E-state index contributed by atoms with van der Waals surface area (Å²) >= 11 is 0. The highest BCUT2D eigenvalue weighted by atomic mass is 16.6. The molecule has 0 saturated carbocycles. The number of amides is 2. The van der Waals surface area contributed by atoms with Crippen LogP contribution in [0.1, 0.15) is 102 Å². The molecule has 11 heteroatoms. The third-order valence-electron chi connectivity index (χ3n) is 7.58. The fraction of sp³-hybridized carbons (Fsp3) is 0.633. The number of nitrogens with one attached hydrogen (secondary N) is 2. The van der Waals surface area contributed by atoms with Gasteiger partial charge in [-0.05, 0) is 45.2 Å². The third-order valence-corrected chi connectivity index (χ3v) is 7.58. The van der Waals surface area contributed by atoms with Gasteiger partial charge in [-0.1, -0.05) is 57.9 Å². The zero-order valence-corrected chi connectivity index (χ0v) is 24.2. The normalized spacial score (nSPS) is 22.9. The van der Waals surface area contributed by atoms with Gasteiger partial charge in [0.1, 0.15) is 12.2 Å². The molecule has 11 nitrogen and oxygen atoms in total. The van der Waals surface area contributed by atoms with E-state index in [4.69, 9.17) is 14.6 Å². The number of benzene rings is 1. The van der Waals surface area contributed by atoms with Gasteiger partial charge in [0.15, 0.2) is 11.8 Å². The molecule has 2 amide bonds. The lowest BCUT2D eigenvalue weighted by Gasteiger charge is -2.29. The summed E-state index contributed by atoms with van der Waals surface area (Å²) in [5.74, 6) is -4.40. The van der Waals surface area contributed by atoms with Crippen molar-refractivity contribution in [2.24, 2.45) is 11.8 Å². The van der Waals surface area contributed by atoms with Crippen LogP contribution in [0.15, 0.2) is 18.2 Å². The predicted octanol–water partition coefficient (Wildman–Crippen LogP) is 4.56. The second kappa shape index (κ2) is 17.2. The molecule has 1 aromatic rings. The number of carboxylic acids is 1. The van der Waals surface area contributed by atoms with E-state index in [9.17, 15) is 29.1 Å². The van der Waals surface area contributed by atoms with E-state index in [0.29, 0.717) is 32.1 Å². The number of carboxylic acid groups (broad SMARTS) is 1. The number of hydrogen-bond acceptors (Lipinski definition) is 8. The Hall–Kier alpha value is -3.63. The maximum atomic E-state index is 13.5. The number of phenolic OH excluding ortho intramolecular Hbond substituents is 1. The fourth-order valence-electron chi connectivity index (χ4n) is 5.25. The number of carbonyl (C=O) groups excluding carboxylic acids is 4. The number of phenols is 1. The molecule has 4 N–H and O–H groups in total. The van der Waals surface area contributed by atoms with E-state index in [-0.39, 0.29) is 23.6 Å². The summed E-state index contributed by atoms with van der Waals surface area (Å²) in [6.45, 7) is 5.34. The molecular weight excluding hydrogens is 532 g/mol. The van der Waals surface area contributed by atoms with Gasteiger partial charge in [-0.15, -0.1) is 0 Å². The van der Waals surface area contributed by atoms with Gasteiger partial charge in [0.2, 0.25) is 6.41 Å². The number of ether oxygens (including phenoxy) is 2. The molecule has 5 atom stereocenters. The maximum Gasteiger partial charge on any atom is 0.332 e. The number of hydrogen-bond donors (Lipinski definition) is 4. The van der Waals surface area contributed by atoms with E-state index in [1.807, 2.05) is 0 Å². The van der Waals surface area contributed by atoms with Gasteiger partial charge < -0.3 is 30.3 Å². The van der Waals surface area contributed by atoms with Crippen molar-refractivity contribution < 1.29 is 43.7 Å². The highest BCUT2D eigenvalue weighted by molar-refractivity contribution is 6.01. The lowest BCUT2D eigenvalue weighted by molar-refractivity contribution is -0.157. The first-order valence-corrected chi connectivity index (χ1v) is 14.6. The number of unbranched alkanes of at least 4 members (excludes halogenated alkanes) is 6. The van der Waals surface area contributed by atoms with Gasteiger partial charge in [0.05, 0.1) is 17.2 Å². The standard InChI is InChI=1S/C30H44N2O9/c1-4-5-6-7-8-9-14-22-21(13-10-11-17-25(34)35)19(2)40-30(39)26(20(3)41-29(22)38)32-28(37)23-15-12-16-24(27(23)36)31-18-33/h12,15-16,18-22,26,36H,4-11,13-14,17H2,1-3H3,(H,31,33)(H,32,37)(H,34,35). The SMILES string of the molecule is CCCCCCCCC1C(=O)OC(C)C(NC(=O)c2cccc(NC=O)c2O)C(=O)OC(C)C1CCCCC(=O)O. The Bertz CT molecular complexity index is 1040. The number of aliphatic carboxylic acids is 1. The lowest BCUT2D eigenvalue weighted by atomic mass is 9.80. The van der Waals surface area contributed by atoms with Crippen LogP contribution in [0.3, 0.4) is 0 Å². The largest absolute Gasteiger partial charge is 0.505 e. The Labute approximate surface area is 241 Å². The smallest absolute Gasteiger partial charge is 0.332 e. The first-order valence-electron chi connectivity index (χ1n) is 14.6. The van der Waals surface area contributed by atoms with E-state index >= 15 is 0 Å². The van der Waals surface area contributed by atoms with Gasteiger partial charge in [-0.2, -0.15) is 0 Å². The summed E-state index contributed by atoms with van der Waals surface area (Å²) in [6, 6.07) is 2.83. The van der Waals surface area contributed by atoms with Crippen LogP contribution in [0.4, 0.5) is 5.69 Å². The number of aromatic hydroxyl groups is 1.